The number of hydrogen-bond donors (Lipinski definition) is 1. The molecule has 5 rings (SSSR count). The first-order chi connectivity index (χ1) is 21.2. The second kappa shape index (κ2) is 12.9. The second-order valence-electron chi connectivity index (χ2n) is 15.0. The highest BCUT2D eigenvalue weighted by Gasteiger charge is 2.55. The molecule has 46 heavy (non-hydrogen) atoms. The number of imidazole rings is 1. The summed E-state index contributed by atoms with van der Waals surface area (Å²) in [5.41, 5.74) is 8.09. The molecular weight excluding hydrogens is 681 g/mol. The van der Waals surface area contributed by atoms with Gasteiger partial charge in [0, 0.05) is 5.02 Å². The van der Waals surface area contributed by atoms with E-state index < -0.39 is 47.9 Å². The maximum absolute atomic E-state index is 7.20. The van der Waals surface area contributed by atoms with E-state index in [-0.39, 0.29) is 29.4 Å². The summed E-state index contributed by atoms with van der Waals surface area (Å²) in [7, 11) is -4.71. The zero-order valence-corrected chi connectivity index (χ0v) is 32.8. The molecule has 0 radical (unpaired) electrons. The lowest BCUT2D eigenvalue weighted by Crippen LogP contribution is -2.54. The lowest BCUT2D eigenvalue weighted by Gasteiger charge is -2.44. The van der Waals surface area contributed by atoms with Crippen LogP contribution in [-0.4, -0.2) is 67.7 Å². The number of rotatable bonds is 9. The minimum absolute atomic E-state index is 0.0739. The number of fused-ring (bicyclic) bond motifs is 1. The van der Waals surface area contributed by atoms with Crippen molar-refractivity contribution >= 4 is 63.7 Å². The fraction of sp³-hybridized carbons (Fsp3) is 0.633. The van der Waals surface area contributed by atoms with Crippen molar-refractivity contribution in [2.24, 2.45) is 0 Å². The Kier molecular flexibility index (Phi) is 10.1. The van der Waals surface area contributed by atoms with Gasteiger partial charge in [0.2, 0.25) is 0 Å². The van der Waals surface area contributed by atoms with Crippen LogP contribution in [0.15, 0.2) is 36.9 Å². The average molecular weight is 728 g/mol. The molecule has 2 saturated heterocycles. The molecule has 2 aliphatic heterocycles. The summed E-state index contributed by atoms with van der Waals surface area (Å²) < 4.78 is 41.7. The number of aromatic nitrogens is 4. The Morgan fingerprint density at radius 2 is 1.67 bits per heavy atom. The van der Waals surface area contributed by atoms with Gasteiger partial charge in [-0.1, -0.05) is 65.3 Å². The quantitative estimate of drug-likeness (QED) is 0.172. The van der Waals surface area contributed by atoms with Gasteiger partial charge in [0.1, 0.15) is 36.3 Å². The van der Waals surface area contributed by atoms with Crippen LogP contribution in [0.5, 0.6) is 0 Å². The van der Waals surface area contributed by atoms with E-state index in [1.165, 1.54) is 6.33 Å². The number of nitrogens with two attached hydrogens (primary N) is 1. The minimum Gasteiger partial charge on any atom is -0.408 e. The van der Waals surface area contributed by atoms with Crippen molar-refractivity contribution in [2.75, 3.05) is 18.9 Å². The second-order valence-corrected chi connectivity index (χ2v) is 27.9. The van der Waals surface area contributed by atoms with Gasteiger partial charge in [0.25, 0.3) is 0 Å². The SMILES string of the molecule is CC(C)(C)[Si](C)(C)O[C@@H]1[C@H](O[Si](C)(C)C(C)(C)C)[C@@H](COP2(=S)OC[C@@H](c3cccc(Cl)c3)O2)O[C@H]1n1cnc2c(N)ncnc21. The first kappa shape index (κ1) is 36.0. The Morgan fingerprint density at radius 3 is 2.30 bits per heavy atom. The molecule has 254 valence electrons. The van der Waals surface area contributed by atoms with Crippen LogP contribution in [0, 0.1) is 0 Å². The number of benzene rings is 1. The first-order valence-corrected chi connectivity index (χ1v) is 24.2. The molecule has 11 nitrogen and oxygen atoms in total. The number of halogens is 1. The molecule has 0 aliphatic carbocycles. The third-order valence-corrected chi connectivity index (χ3v) is 21.2. The molecular formula is C30H47ClN5O6PSSi2. The molecule has 0 spiro atoms. The first-order valence-electron chi connectivity index (χ1n) is 15.5. The maximum Gasteiger partial charge on any atom is 0.328 e. The summed E-state index contributed by atoms with van der Waals surface area (Å²) in [5, 5.41) is 0.467. The fourth-order valence-electron chi connectivity index (χ4n) is 4.90. The van der Waals surface area contributed by atoms with Gasteiger partial charge in [-0.3, -0.25) is 9.09 Å². The van der Waals surface area contributed by atoms with E-state index in [4.69, 9.17) is 56.3 Å². The molecule has 6 atom stereocenters. The standard InChI is InChI=1S/C30H47ClN5O6PSSi2/c1-29(2,3)45(7,8)41-24-22(16-38-43(44)37-15-21(40-43)19-12-11-13-20(31)14-19)39-28(25(24)42-46(9,10)30(4,5)6)36-18-35-23-26(32)33-17-34-27(23)36/h11-14,17-18,21-22,24-25,28H,15-16H2,1-10H3,(H2,32,33,34)/t21-,22+,24+,25+,28+,43?/m0/s1. The van der Waals surface area contributed by atoms with Crippen LogP contribution in [-0.2, 0) is 39.0 Å². The molecule has 0 saturated carbocycles. The van der Waals surface area contributed by atoms with Crippen molar-refractivity contribution in [3.63, 3.8) is 0 Å². The van der Waals surface area contributed by atoms with Gasteiger partial charge in [-0.2, -0.15) is 0 Å². The predicted molar refractivity (Wildman–Crippen MR) is 189 cm³/mol. The van der Waals surface area contributed by atoms with Gasteiger partial charge in [0.05, 0.1) is 19.5 Å². The van der Waals surface area contributed by atoms with Gasteiger partial charge >= 0.3 is 6.72 Å². The molecule has 3 aromatic rings. The van der Waals surface area contributed by atoms with Crippen molar-refractivity contribution in [1.29, 1.82) is 0 Å². The van der Waals surface area contributed by atoms with Gasteiger partial charge in [-0.05, 0) is 65.8 Å². The number of hydrogen-bond acceptors (Lipinski definition) is 11. The van der Waals surface area contributed by atoms with Gasteiger partial charge in [0.15, 0.2) is 34.3 Å². The molecule has 0 amide bonds. The summed E-state index contributed by atoms with van der Waals surface area (Å²) in [4.78, 5) is 13.2. The van der Waals surface area contributed by atoms with Crippen molar-refractivity contribution < 1.29 is 27.2 Å². The van der Waals surface area contributed by atoms with Crippen LogP contribution < -0.4 is 5.73 Å². The summed E-state index contributed by atoms with van der Waals surface area (Å²) in [6.07, 6.45) is 0.512. The van der Waals surface area contributed by atoms with E-state index in [1.54, 1.807) is 6.33 Å². The van der Waals surface area contributed by atoms with E-state index in [9.17, 15) is 0 Å². The van der Waals surface area contributed by atoms with Crippen LogP contribution in [0.4, 0.5) is 5.82 Å². The van der Waals surface area contributed by atoms with Gasteiger partial charge in [-0.15, -0.1) is 0 Å². The third kappa shape index (κ3) is 7.32. The lowest BCUT2D eigenvalue weighted by atomic mass is 10.1. The number of ether oxygens (including phenoxy) is 1. The van der Waals surface area contributed by atoms with Crippen LogP contribution in [0.2, 0.25) is 41.3 Å². The molecule has 4 heterocycles. The van der Waals surface area contributed by atoms with Crippen LogP contribution in [0.3, 0.4) is 0 Å². The average Bonchev–Trinajstić information content (AvgIpc) is 3.63. The summed E-state index contributed by atoms with van der Waals surface area (Å²) in [6.45, 7) is 19.4. The summed E-state index contributed by atoms with van der Waals surface area (Å²) >= 11 is 12.1. The Hall–Kier alpha value is -1.30. The molecule has 1 aromatic carbocycles. The molecule has 2 aliphatic rings. The number of anilines is 1. The summed E-state index contributed by atoms with van der Waals surface area (Å²) in [5.74, 6) is 0.292. The predicted octanol–water partition coefficient (Wildman–Crippen LogP) is 7.77. The Labute approximate surface area is 284 Å². The normalized spacial score (nSPS) is 27.9. The Morgan fingerprint density at radius 1 is 1.02 bits per heavy atom. The van der Waals surface area contributed by atoms with Crippen LogP contribution >= 0.6 is 18.3 Å². The van der Waals surface area contributed by atoms with E-state index >= 15 is 0 Å². The number of nitrogens with zero attached hydrogens (tertiary/aromatic N) is 4. The van der Waals surface area contributed by atoms with Crippen LogP contribution in [0.25, 0.3) is 11.2 Å². The lowest BCUT2D eigenvalue weighted by molar-refractivity contribution is -0.0468. The van der Waals surface area contributed by atoms with Crippen LogP contribution in [0.1, 0.15) is 59.4 Å². The monoisotopic (exact) mass is 727 g/mol. The molecule has 0 bridgehead atoms. The number of nitrogen functional groups attached to an aromatic ring is 1. The Bertz CT molecular complexity index is 1620. The van der Waals surface area contributed by atoms with E-state index in [0.29, 0.717) is 22.0 Å². The zero-order chi connectivity index (χ0) is 33.9. The Balaban J connectivity index is 1.50. The van der Waals surface area contributed by atoms with Crippen molar-refractivity contribution in [2.45, 2.75) is 108 Å². The maximum atomic E-state index is 7.20. The van der Waals surface area contributed by atoms with Crippen molar-refractivity contribution in [3.05, 3.63) is 47.5 Å². The highest BCUT2D eigenvalue weighted by Crippen LogP contribution is 2.59. The zero-order valence-electron chi connectivity index (χ0n) is 28.3. The smallest absolute Gasteiger partial charge is 0.328 e. The van der Waals surface area contributed by atoms with Gasteiger partial charge < -0.3 is 28.4 Å². The molecule has 2 fully saturated rings. The van der Waals surface area contributed by atoms with E-state index in [2.05, 4.69) is 82.7 Å². The van der Waals surface area contributed by atoms with E-state index in [0.717, 1.165) is 5.56 Å². The van der Waals surface area contributed by atoms with Crippen molar-refractivity contribution in [3.8, 4) is 0 Å². The third-order valence-electron chi connectivity index (χ3n) is 9.68. The molecule has 16 heteroatoms. The topological polar surface area (TPSA) is 125 Å². The molecule has 2 aromatic heterocycles. The van der Waals surface area contributed by atoms with E-state index in [1.807, 2.05) is 28.8 Å². The minimum atomic E-state index is -3.10. The highest BCUT2D eigenvalue weighted by molar-refractivity contribution is 8.07. The highest BCUT2D eigenvalue weighted by atomic mass is 35.5. The largest absolute Gasteiger partial charge is 0.408 e. The molecule has 1 unspecified atom stereocenters. The van der Waals surface area contributed by atoms with Crippen molar-refractivity contribution in [1.82, 2.24) is 19.5 Å². The fourth-order valence-corrected chi connectivity index (χ4v) is 9.71. The van der Waals surface area contributed by atoms with Gasteiger partial charge in [-0.25, -0.2) is 15.0 Å². The molecule has 2 N–H and O–H groups in total. The summed E-state index contributed by atoms with van der Waals surface area (Å²) in [6, 6.07) is 7.48.